The van der Waals surface area contributed by atoms with Crippen molar-refractivity contribution < 1.29 is 46.2 Å². The molecular weight excluding hydrogens is 663 g/mol. The molecule has 3 aliphatic rings. The molecule has 0 saturated carbocycles. The van der Waals surface area contributed by atoms with Crippen molar-refractivity contribution in [3.8, 4) is 0 Å². The summed E-state index contributed by atoms with van der Waals surface area (Å²) in [6.45, 7) is 3.66. The number of hydrogen-bond donors (Lipinski definition) is 2. The Morgan fingerprint density at radius 3 is 2.60 bits per heavy atom. The van der Waals surface area contributed by atoms with Crippen LogP contribution in [0.15, 0.2) is 46.0 Å². The van der Waals surface area contributed by atoms with Crippen molar-refractivity contribution in [1.82, 2.24) is 25.2 Å². The highest BCUT2D eigenvalue weighted by atomic mass is 32.1. The molecule has 5 rings (SSSR count). The van der Waals surface area contributed by atoms with Gasteiger partial charge in [-0.3, -0.25) is 24.5 Å². The highest BCUT2D eigenvalue weighted by Gasteiger charge is 2.63. The molecule has 1 amide bonds. The minimum Gasteiger partial charge on any atom is -0.481 e. The summed E-state index contributed by atoms with van der Waals surface area (Å²) in [5.74, 6) is -7.62. The van der Waals surface area contributed by atoms with Crippen molar-refractivity contribution in [2.75, 3.05) is 32.8 Å². The number of aliphatic imine (C=N–C) groups is 1. The number of thiazole rings is 1. The number of nitrogens with one attached hydrogen (secondary N) is 1. The van der Waals surface area contributed by atoms with Crippen molar-refractivity contribution in [2.45, 2.75) is 64.6 Å². The Morgan fingerprint density at radius 1 is 1.25 bits per heavy atom. The van der Waals surface area contributed by atoms with Crippen LogP contribution >= 0.6 is 11.3 Å². The lowest BCUT2D eigenvalue weighted by atomic mass is 9.89. The first-order chi connectivity index (χ1) is 22.6. The van der Waals surface area contributed by atoms with Crippen LogP contribution in [-0.4, -0.2) is 106 Å². The van der Waals surface area contributed by atoms with Gasteiger partial charge in [0, 0.05) is 30.4 Å². The van der Waals surface area contributed by atoms with Gasteiger partial charge in [-0.15, -0.1) is 11.3 Å². The monoisotopic (exact) mass is 698 g/mol. The van der Waals surface area contributed by atoms with Gasteiger partial charge < -0.3 is 15.2 Å². The molecule has 0 unspecified atom stereocenters. The van der Waals surface area contributed by atoms with E-state index in [0.29, 0.717) is 15.6 Å². The number of rotatable bonds is 11. The van der Waals surface area contributed by atoms with Crippen molar-refractivity contribution in [3.63, 3.8) is 0 Å². The molecule has 0 aliphatic carbocycles. The number of esters is 1. The van der Waals surface area contributed by atoms with E-state index in [9.17, 15) is 32.7 Å². The number of halogens is 5. The third-order valence-corrected chi connectivity index (χ3v) is 9.66. The first-order valence-electron chi connectivity index (χ1n) is 15.2. The van der Waals surface area contributed by atoms with Gasteiger partial charge in [0.1, 0.15) is 17.9 Å². The summed E-state index contributed by atoms with van der Waals surface area (Å²) in [5.41, 5.74) is -0.811. The summed E-state index contributed by atoms with van der Waals surface area (Å²) >= 11 is 1.22. The molecule has 2 fully saturated rings. The molecule has 2 saturated heterocycles. The Kier molecular flexibility index (Phi) is 9.95. The predicted octanol–water partition coefficient (Wildman–Crippen LogP) is 4.01. The standard InChI is InChI=1S/C31H35F5N6O5S/c1-5-47-28(44)21-19(38-25(26-37-10-12-48-26)39-22(21)17-7-6-8-18(32)16(17)2)13-40-15-31(35,36)23-20(40)14-42(27(43)24(33)34)41(23)11-9-30(3,4)29(45)46/h6-8,10,12,20,22-24H,5,9,11,13-15H2,1-4H3,(H,38,39)(H,45,46)/t20-,22+,23+/m1/s1. The van der Waals surface area contributed by atoms with Crippen molar-refractivity contribution >= 4 is 35.0 Å². The number of carbonyl (C=O) groups is 3. The third-order valence-electron chi connectivity index (χ3n) is 8.88. The summed E-state index contributed by atoms with van der Waals surface area (Å²) in [6, 6.07) is 0.236. The van der Waals surface area contributed by atoms with E-state index < -0.39 is 79.2 Å². The van der Waals surface area contributed by atoms with Crippen LogP contribution in [0, 0.1) is 18.2 Å². The fourth-order valence-corrected chi connectivity index (χ4v) is 6.84. The Hall–Kier alpha value is -3.96. The molecular formula is C31H35F5N6O5S. The van der Waals surface area contributed by atoms with E-state index in [2.05, 4.69) is 10.3 Å². The number of fused-ring (bicyclic) bond motifs is 1. The predicted molar refractivity (Wildman–Crippen MR) is 164 cm³/mol. The van der Waals surface area contributed by atoms with Crippen LogP contribution in [0.4, 0.5) is 22.0 Å². The summed E-state index contributed by atoms with van der Waals surface area (Å²) in [5, 5.41) is 16.1. The molecule has 3 aliphatic heterocycles. The molecule has 1 aromatic carbocycles. The fourth-order valence-electron chi connectivity index (χ4n) is 6.26. The molecule has 0 bridgehead atoms. The van der Waals surface area contributed by atoms with Gasteiger partial charge in [-0.05, 0) is 51.3 Å². The maximum absolute atomic E-state index is 16.0. The molecule has 4 heterocycles. The lowest BCUT2D eigenvalue weighted by Gasteiger charge is -2.35. The smallest absolute Gasteiger partial charge is 0.338 e. The fraction of sp³-hybridized carbons (Fsp3) is 0.516. The molecule has 260 valence electrons. The van der Waals surface area contributed by atoms with Crippen LogP contribution in [0.2, 0.25) is 0 Å². The van der Waals surface area contributed by atoms with Gasteiger partial charge in [-0.2, -0.15) is 8.78 Å². The van der Waals surface area contributed by atoms with Gasteiger partial charge in [0.05, 0.1) is 36.7 Å². The van der Waals surface area contributed by atoms with E-state index in [1.54, 1.807) is 18.4 Å². The summed E-state index contributed by atoms with van der Waals surface area (Å²) in [7, 11) is 0. The second-order valence-corrected chi connectivity index (χ2v) is 13.3. The van der Waals surface area contributed by atoms with Gasteiger partial charge in [0.15, 0.2) is 10.8 Å². The van der Waals surface area contributed by atoms with Crippen LogP contribution in [0.5, 0.6) is 0 Å². The van der Waals surface area contributed by atoms with E-state index >= 15 is 8.78 Å². The molecule has 17 heteroatoms. The first-order valence-corrected chi connectivity index (χ1v) is 16.1. The molecule has 11 nitrogen and oxygen atoms in total. The second kappa shape index (κ2) is 13.5. The van der Waals surface area contributed by atoms with E-state index in [-0.39, 0.29) is 42.2 Å². The minimum absolute atomic E-state index is 0.0354. The van der Waals surface area contributed by atoms with E-state index in [4.69, 9.17) is 9.73 Å². The zero-order chi connectivity index (χ0) is 35.1. The van der Waals surface area contributed by atoms with Crippen molar-refractivity contribution in [3.05, 3.63) is 63.0 Å². The summed E-state index contributed by atoms with van der Waals surface area (Å²) < 4.78 is 79.5. The number of alkyl halides is 4. The lowest BCUT2D eigenvalue weighted by molar-refractivity contribution is -0.168. The largest absolute Gasteiger partial charge is 0.481 e. The average molecular weight is 699 g/mol. The second-order valence-electron chi connectivity index (χ2n) is 12.4. The molecule has 0 spiro atoms. The molecule has 48 heavy (non-hydrogen) atoms. The number of ether oxygens (including phenoxy) is 1. The molecule has 2 aromatic rings. The van der Waals surface area contributed by atoms with Crippen LogP contribution < -0.4 is 5.32 Å². The number of carboxylic acid groups (broad SMARTS) is 1. The van der Waals surface area contributed by atoms with Crippen LogP contribution in [-0.2, 0) is 19.1 Å². The Morgan fingerprint density at radius 2 is 1.98 bits per heavy atom. The number of nitrogens with zero attached hydrogens (tertiary/aromatic N) is 5. The zero-order valence-corrected chi connectivity index (χ0v) is 27.4. The normalized spacial score (nSPS) is 22.9. The maximum atomic E-state index is 16.0. The molecule has 1 aromatic heterocycles. The van der Waals surface area contributed by atoms with Crippen molar-refractivity contribution in [1.29, 1.82) is 0 Å². The van der Waals surface area contributed by atoms with E-state index in [1.165, 1.54) is 55.3 Å². The summed E-state index contributed by atoms with van der Waals surface area (Å²) in [6.07, 6.45) is -2.18. The summed E-state index contributed by atoms with van der Waals surface area (Å²) in [4.78, 5) is 48.2. The van der Waals surface area contributed by atoms with Crippen LogP contribution in [0.3, 0.4) is 0 Å². The highest BCUT2D eigenvalue weighted by Crippen LogP contribution is 2.43. The number of carbonyl (C=O) groups excluding carboxylic acids is 2. The van der Waals surface area contributed by atoms with Gasteiger partial charge in [-0.25, -0.2) is 28.0 Å². The number of amides is 1. The number of benzene rings is 1. The third kappa shape index (κ3) is 6.67. The zero-order valence-electron chi connectivity index (χ0n) is 26.6. The topological polar surface area (TPSA) is 128 Å². The number of likely N-dealkylation sites (tertiary alicyclic amines) is 1. The van der Waals surface area contributed by atoms with Gasteiger partial charge in [0.25, 0.3) is 5.92 Å². The number of carboxylic acids is 1. The number of aliphatic carboxylic acids is 1. The highest BCUT2D eigenvalue weighted by molar-refractivity contribution is 7.11. The van der Waals surface area contributed by atoms with Crippen molar-refractivity contribution in [2.24, 2.45) is 10.4 Å². The number of amidine groups is 1. The Balaban J connectivity index is 1.57. The molecule has 0 radical (unpaired) electrons. The quantitative estimate of drug-likeness (QED) is 0.265. The van der Waals surface area contributed by atoms with Crippen LogP contribution in [0.1, 0.15) is 49.4 Å². The SMILES string of the molecule is CCOC(=O)C1=C(CN2CC(F)(F)[C@@H]3[C@H]2CN(C(=O)C(F)F)N3CCC(C)(C)C(=O)O)NC(c2nccs2)=N[C@H]1c1cccc(F)c1C. The number of aromatic nitrogens is 1. The van der Waals surface area contributed by atoms with Crippen LogP contribution in [0.25, 0.3) is 0 Å². The lowest BCUT2D eigenvalue weighted by Crippen LogP contribution is -2.53. The Labute approximate surface area is 277 Å². The number of hydrogen-bond acceptors (Lipinski definition) is 10. The van der Waals surface area contributed by atoms with Gasteiger partial charge in [-0.1, -0.05) is 12.1 Å². The Bertz CT molecular complexity index is 1640. The van der Waals surface area contributed by atoms with E-state index in [0.717, 1.165) is 5.01 Å². The van der Waals surface area contributed by atoms with Gasteiger partial charge in [0.2, 0.25) is 0 Å². The van der Waals surface area contributed by atoms with Gasteiger partial charge >= 0.3 is 24.3 Å². The minimum atomic E-state index is -3.54. The molecule has 3 atom stereocenters. The number of hydrazine groups is 1. The maximum Gasteiger partial charge on any atom is 0.338 e. The first kappa shape index (κ1) is 35.3. The molecule has 2 N–H and O–H groups in total. The van der Waals surface area contributed by atoms with E-state index in [1.807, 2.05) is 0 Å². The average Bonchev–Trinajstić information content (AvgIpc) is 3.74.